The number of pyridine rings is 1. The van der Waals surface area contributed by atoms with Crippen LogP contribution in [0, 0.1) is 17.2 Å². The van der Waals surface area contributed by atoms with Crippen LogP contribution in [0.3, 0.4) is 0 Å². The van der Waals surface area contributed by atoms with Crippen LogP contribution in [0.4, 0.5) is 0 Å². The number of aliphatic hydroxyl groups is 1. The molecular formula is C15H15N3O. The lowest BCUT2D eigenvalue weighted by atomic mass is 10.1. The van der Waals surface area contributed by atoms with Crippen molar-refractivity contribution in [2.75, 3.05) is 0 Å². The maximum Gasteiger partial charge on any atom is 0.145 e. The molecule has 1 aliphatic rings. The van der Waals surface area contributed by atoms with E-state index in [4.69, 9.17) is 5.26 Å². The van der Waals surface area contributed by atoms with E-state index in [1.165, 1.54) is 0 Å². The molecule has 0 amide bonds. The van der Waals surface area contributed by atoms with Crippen molar-refractivity contribution in [3.05, 3.63) is 53.6 Å². The van der Waals surface area contributed by atoms with Gasteiger partial charge >= 0.3 is 0 Å². The van der Waals surface area contributed by atoms with Gasteiger partial charge in [0.1, 0.15) is 11.8 Å². The van der Waals surface area contributed by atoms with Crippen LogP contribution in [0.25, 0.3) is 0 Å². The highest BCUT2D eigenvalue weighted by Gasteiger charge is 2.31. The number of aromatic nitrogens is 2. The van der Waals surface area contributed by atoms with Crippen LogP contribution in [0.15, 0.2) is 36.8 Å². The Balaban J connectivity index is 1.78. The lowest BCUT2D eigenvalue weighted by Crippen LogP contribution is -2.02. The predicted octanol–water partition coefficient (Wildman–Crippen LogP) is 2.25. The maximum absolute atomic E-state index is 10.1. The molecule has 96 valence electrons. The Morgan fingerprint density at radius 3 is 3.05 bits per heavy atom. The Morgan fingerprint density at radius 1 is 1.47 bits per heavy atom. The minimum Gasteiger partial charge on any atom is -0.388 e. The van der Waals surface area contributed by atoms with Gasteiger partial charge in [-0.2, -0.15) is 5.26 Å². The molecule has 3 rings (SSSR count). The minimum absolute atomic E-state index is 0.342. The van der Waals surface area contributed by atoms with Crippen molar-refractivity contribution in [2.24, 2.45) is 5.92 Å². The molecule has 0 radical (unpaired) electrons. The summed E-state index contributed by atoms with van der Waals surface area (Å²) in [5.41, 5.74) is 2.32. The first kappa shape index (κ1) is 11.9. The van der Waals surface area contributed by atoms with Crippen molar-refractivity contribution in [1.29, 1.82) is 5.26 Å². The fourth-order valence-electron chi connectivity index (χ4n) is 2.28. The molecule has 4 nitrogen and oxygen atoms in total. The Kier molecular flexibility index (Phi) is 3.06. The molecule has 0 aromatic carbocycles. The third-order valence-corrected chi connectivity index (χ3v) is 3.53. The monoisotopic (exact) mass is 253 g/mol. The number of nitrogens with zero attached hydrogens (tertiary/aromatic N) is 3. The van der Waals surface area contributed by atoms with Crippen LogP contribution in [-0.4, -0.2) is 14.7 Å². The first-order valence-corrected chi connectivity index (χ1v) is 6.45. The second-order valence-corrected chi connectivity index (χ2v) is 5.02. The molecule has 1 saturated carbocycles. The zero-order chi connectivity index (χ0) is 13.2. The molecule has 2 aromatic rings. The Morgan fingerprint density at radius 2 is 2.32 bits per heavy atom. The Bertz CT molecular complexity index is 622. The van der Waals surface area contributed by atoms with Gasteiger partial charge in [-0.1, -0.05) is 6.07 Å². The number of rotatable bonds is 4. The summed E-state index contributed by atoms with van der Waals surface area (Å²) in [5, 5.41) is 19.1. The molecule has 19 heavy (non-hydrogen) atoms. The summed E-state index contributed by atoms with van der Waals surface area (Å²) in [6.07, 6.45) is 7.42. The predicted molar refractivity (Wildman–Crippen MR) is 70.2 cm³/mol. The van der Waals surface area contributed by atoms with Gasteiger partial charge in [0.15, 0.2) is 0 Å². The largest absolute Gasteiger partial charge is 0.388 e. The third kappa shape index (κ3) is 2.51. The van der Waals surface area contributed by atoms with Crippen molar-refractivity contribution >= 4 is 0 Å². The average molecular weight is 253 g/mol. The topological polar surface area (TPSA) is 61.8 Å². The van der Waals surface area contributed by atoms with Crippen LogP contribution >= 0.6 is 0 Å². The third-order valence-electron chi connectivity index (χ3n) is 3.53. The highest BCUT2D eigenvalue weighted by molar-refractivity contribution is 5.31. The summed E-state index contributed by atoms with van der Waals surface area (Å²) in [6, 6.07) is 7.79. The van der Waals surface area contributed by atoms with Gasteiger partial charge < -0.3 is 9.67 Å². The zero-order valence-electron chi connectivity index (χ0n) is 10.5. The lowest BCUT2D eigenvalue weighted by molar-refractivity contribution is 0.154. The zero-order valence-corrected chi connectivity index (χ0v) is 10.5. The molecular weight excluding hydrogens is 238 g/mol. The molecule has 2 heterocycles. The van der Waals surface area contributed by atoms with E-state index in [0.717, 1.165) is 24.0 Å². The number of hydrogen-bond donors (Lipinski definition) is 1. The summed E-state index contributed by atoms with van der Waals surface area (Å²) in [6.45, 7) is 0.605. The normalized spacial score (nSPS) is 16.0. The van der Waals surface area contributed by atoms with Crippen LogP contribution in [0.5, 0.6) is 0 Å². The van der Waals surface area contributed by atoms with Gasteiger partial charge in [0.2, 0.25) is 0 Å². The van der Waals surface area contributed by atoms with E-state index in [-0.39, 0.29) is 6.10 Å². The standard InChI is InChI=1S/C15H15N3O/c16-8-14-12(2-1-6-17-14)9-18-7-5-13(10-18)15(19)11-3-4-11/h1-2,5-7,10-11,15,19H,3-4,9H2. The summed E-state index contributed by atoms with van der Waals surface area (Å²) >= 11 is 0. The fourth-order valence-corrected chi connectivity index (χ4v) is 2.28. The van der Waals surface area contributed by atoms with Crippen molar-refractivity contribution in [2.45, 2.75) is 25.5 Å². The molecule has 0 spiro atoms. The van der Waals surface area contributed by atoms with Crippen LogP contribution < -0.4 is 0 Å². The van der Waals surface area contributed by atoms with E-state index in [1.807, 2.05) is 35.2 Å². The summed E-state index contributed by atoms with van der Waals surface area (Å²) < 4.78 is 1.98. The molecule has 1 aliphatic carbocycles. The van der Waals surface area contributed by atoms with E-state index < -0.39 is 0 Å². The molecule has 2 aromatic heterocycles. The maximum atomic E-state index is 10.1. The highest BCUT2D eigenvalue weighted by Crippen LogP contribution is 2.40. The molecule has 1 unspecified atom stereocenters. The molecule has 1 atom stereocenters. The van der Waals surface area contributed by atoms with Gasteiger partial charge in [-0.25, -0.2) is 4.98 Å². The fraction of sp³-hybridized carbons (Fsp3) is 0.333. The minimum atomic E-state index is -0.342. The second kappa shape index (κ2) is 4.87. The van der Waals surface area contributed by atoms with E-state index in [9.17, 15) is 5.11 Å². The molecule has 1 N–H and O–H groups in total. The number of hydrogen-bond acceptors (Lipinski definition) is 3. The smallest absolute Gasteiger partial charge is 0.145 e. The van der Waals surface area contributed by atoms with Gasteiger partial charge in [-0.15, -0.1) is 0 Å². The number of aliphatic hydroxyl groups excluding tert-OH is 1. The summed E-state index contributed by atoms with van der Waals surface area (Å²) in [7, 11) is 0. The summed E-state index contributed by atoms with van der Waals surface area (Å²) in [4.78, 5) is 4.05. The molecule has 0 bridgehead atoms. The van der Waals surface area contributed by atoms with Crippen molar-refractivity contribution in [1.82, 2.24) is 9.55 Å². The van der Waals surface area contributed by atoms with Crippen molar-refractivity contribution in [3.63, 3.8) is 0 Å². The van der Waals surface area contributed by atoms with Gasteiger partial charge in [0.25, 0.3) is 0 Å². The summed E-state index contributed by atoms with van der Waals surface area (Å²) in [5.74, 6) is 0.434. The molecule has 4 heteroatoms. The quantitative estimate of drug-likeness (QED) is 0.909. The molecule has 1 fully saturated rings. The SMILES string of the molecule is N#Cc1ncccc1Cn1ccc(C(O)C2CC2)c1. The van der Waals surface area contributed by atoms with E-state index >= 15 is 0 Å². The Labute approximate surface area is 111 Å². The lowest BCUT2D eigenvalue weighted by Gasteiger charge is -2.07. The van der Waals surface area contributed by atoms with Crippen LogP contribution in [0.2, 0.25) is 0 Å². The Hall–Kier alpha value is -2.12. The van der Waals surface area contributed by atoms with Gasteiger partial charge in [-0.3, -0.25) is 0 Å². The van der Waals surface area contributed by atoms with E-state index in [0.29, 0.717) is 18.2 Å². The van der Waals surface area contributed by atoms with Crippen molar-refractivity contribution in [3.8, 4) is 6.07 Å². The van der Waals surface area contributed by atoms with Gasteiger partial charge in [0, 0.05) is 30.7 Å². The van der Waals surface area contributed by atoms with Crippen molar-refractivity contribution < 1.29 is 5.11 Å². The highest BCUT2D eigenvalue weighted by atomic mass is 16.3. The first-order chi connectivity index (χ1) is 9.28. The van der Waals surface area contributed by atoms with E-state index in [1.54, 1.807) is 6.20 Å². The van der Waals surface area contributed by atoms with Gasteiger partial charge in [0.05, 0.1) is 6.10 Å². The molecule has 0 aliphatic heterocycles. The van der Waals surface area contributed by atoms with E-state index in [2.05, 4.69) is 11.1 Å². The molecule has 0 saturated heterocycles. The second-order valence-electron chi connectivity index (χ2n) is 5.02. The van der Waals surface area contributed by atoms with Crippen LogP contribution in [0.1, 0.15) is 35.8 Å². The number of nitriles is 1. The average Bonchev–Trinajstić information content (AvgIpc) is 3.19. The van der Waals surface area contributed by atoms with Crippen LogP contribution in [-0.2, 0) is 6.54 Å². The van der Waals surface area contributed by atoms with Gasteiger partial charge in [-0.05, 0) is 36.5 Å². The first-order valence-electron chi connectivity index (χ1n) is 6.45.